The van der Waals surface area contributed by atoms with E-state index in [1.54, 1.807) is 0 Å². The highest BCUT2D eigenvalue weighted by atomic mass is 32.2. The molecule has 0 spiro atoms. The molecular weight excluding hydrogens is 212 g/mol. The van der Waals surface area contributed by atoms with Crippen LogP contribution in [0.5, 0.6) is 0 Å². The second-order valence-electron chi connectivity index (χ2n) is 4.32. The second kappa shape index (κ2) is 5.82. The van der Waals surface area contributed by atoms with Crippen molar-refractivity contribution < 1.29 is 8.42 Å². The fourth-order valence-corrected chi connectivity index (χ4v) is 3.64. The van der Waals surface area contributed by atoms with Crippen LogP contribution in [-0.4, -0.2) is 32.8 Å². The third kappa shape index (κ3) is 4.09. The SMILES string of the molecule is CCCC(C)NS(=O)(=O)C1CCCNC1. The highest BCUT2D eigenvalue weighted by Gasteiger charge is 2.27. The highest BCUT2D eigenvalue weighted by Crippen LogP contribution is 2.11. The van der Waals surface area contributed by atoms with Gasteiger partial charge in [0.05, 0.1) is 5.25 Å². The summed E-state index contributed by atoms with van der Waals surface area (Å²) in [6.45, 7) is 5.52. The van der Waals surface area contributed by atoms with E-state index in [4.69, 9.17) is 0 Å². The normalized spacial score (nSPS) is 25.1. The molecule has 0 aromatic carbocycles. The van der Waals surface area contributed by atoms with Gasteiger partial charge in [-0.2, -0.15) is 0 Å². The molecule has 1 heterocycles. The minimum Gasteiger partial charge on any atom is -0.315 e. The molecule has 0 aliphatic carbocycles. The van der Waals surface area contributed by atoms with Gasteiger partial charge in [0.25, 0.3) is 0 Å². The van der Waals surface area contributed by atoms with Gasteiger partial charge in [-0.25, -0.2) is 13.1 Å². The van der Waals surface area contributed by atoms with Gasteiger partial charge < -0.3 is 5.32 Å². The van der Waals surface area contributed by atoms with E-state index in [1.807, 2.05) is 6.92 Å². The lowest BCUT2D eigenvalue weighted by Crippen LogP contribution is -2.46. The fraction of sp³-hybridized carbons (Fsp3) is 1.00. The van der Waals surface area contributed by atoms with Gasteiger partial charge in [0.15, 0.2) is 0 Å². The molecule has 1 aliphatic heterocycles. The summed E-state index contributed by atoms with van der Waals surface area (Å²) >= 11 is 0. The van der Waals surface area contributed by atoms with E-state index in [2.05, 4.69) is 17.0 Å². The summed E-state index contributed by atoms with van der Waals surface area (Å²) in [7, 11) is -3.12. The molecule has 4 nitrogen and oxygen atoms in total. The van der Waals surface area contributed by atoms with Crippen LogP contribution in [0.2, 0.25) is 0 Å². The predicted octanol–water partition coefficient (Wildman–Crippen LogP) is 0.846. The van der Waals surface area contributed by atoms with E-state index in [-0.39, 0.29) is 11.3 Å². The zero-order chi connectivity index (χ0) is 11.3. The summed E-state index contributed by atoms with van der Waals surface area (Å²) in [5.41, 5.74) is 0. The molecule has 1 fully saturated rings. The molecule has 0 radical (unpaired) electrons. The van der Waals surface area contributed by atoms with E-state index < -0.39 is 10.0 Å². The van der Waals surface area contributed by atoms with E-state index >= 15 is 0 Å². The van der Waals surface area contributed by atoms with Gasteiger partial charge in [-0.3, -0.25) is 0 Å². The van der Waals surface area contributed by atoms with Crippen molar-refractivity contribution in [3.63, 3.8) is 0 Å². The Labute approximate surface area is 92.9 Å². The van der Waals surface area contributed by atoms with Gasteiger partial charge >= 0.3 is 0 Å². The Morgan fingerprint density at radius 3 is 2.80 bits per heavy atom. The number of piperidine rings is 1. The lowest BCUT2D eigenvalue weighted by Gasteiger charge is -2.24. The van der Waals surface area contributed by atoms with E-state index in [1.165, 1.54) is 0 Å². The van der Waals surface area contributed by atoms with E-state index in [9.17, 15) is 8.42 Å². The molecular formula is C10H22N2O2S. The molecule has 1 saturated heterocycles. The van der Waals surface area contributed by atoms with Crippen LogP contribution in [0.25, 0.3) is 0 Å². The molecule has 5 heteroatoms. The summed E-state index contributed by atoms with van der Waals surface area (Å²) in [4.78, 5) is 0. The molecule has 0 aromatic rings. The Morgan fingerprint density at radius 2 is 2.27 bits per heavy atom. The van der Waals surface area contributed by atoms with E-state index in [0.717, 1.165) is 32.2 Å². The molecule has 0 bridgehead atoms. The quantitative estimate of drug-likeness (QED) is 0.741. The molecule has 2 N–H and O–H groups in total. The van der Waals surface area contributed by atoms with Crippen molar-refractivity contribution in [3.8, 4) is 0 Å². The summed E-state index contributed by atoms with van der Waals surface area (Å²) in [5.74, 6) is 0. The largest absolute Gasteiger partial charge is 0.315 e. The number of sulfonamides is 1. The van der Waals surface area contributed by atoms with Crippen LogP contribution in [0.1, 0.15) is 39.5 Å². The molecule has 1 rings (SSSR count). The molecule has 1 aliphatic rings. The molecule has 2 atom stereocenters. The zero-order valence-electron chi connectivity index (χ0n) is 9.62. The minimum atomic E-state index is -3.12. The van der Waals surface area contributed by atoms with Crippen LogP contribution in [0.4, 0.5) is 0 Å². The van der Waals surface area contributed by atoms with Gasteiger partial charge in [0.2, 0.25) is 10.0 Å². The van der Waals surface area contributed by atoms with Crippen molar-refractivity contribution in [2.45, 2.75) is 50.8 Å². The zero-order valence-corrected chi connectivity index (χ0v) is 10.4. The monoisotopic (exact) mass is 234 g/mol. The minimum absolute atomic E-state index is 0.0573. The van der Waals surface area contributed by atoms with Crippen molar-refractivity contribution >= 4 is 10.0 Å². The van der Waals surface area contributed by atoms with Gasteiger partial charge in [0.1, 0.15) is 0 Å². The lowest BCUT2D eigenvalue weighted by atomic mass is 10.2. The summed E-state index contributed by atoms with van der Waals surface area (Å²) < 4.78 is 26.6. The Bertz CT molecular complexity index is 271. The van der Waals surface area contributed by atoms with Gasteiger partial charge in [-0.1, -0.05) is 13.3 Å². The van der Waals surface area contributed by atoms with Crippen molar-refractivity contribution in [2.75, 3.05) is 13.1 Å². The van der Waals surface area contributed by atoms with Crippen LogP contribution in [-0.2, 0) is 10.0 Å². The highest BCUT2D eigenvalue weighted by molar-refractivity contribution is 7.90. The van der Waals surface area contributed by atoms with Crippen molar-refractivity contribution in [1.82, 2.24) is 10.0 Å². The number of hydrogen-bond donors (Lipinski definition) is 2. The Hall–Kier alpha value is -0.130. The third-order valence-corrected chi connectivity index (χ3v) is 4.79. The molecule has 90 valence electrons. The lowest BCUT2D eigenvalue weighted by molar-refractivity contribution is 0.479. The number of nitrogens with one attached hydrogen (secondary N) is 2. The van der Waals surface area contributed by atoms with Gasteiger partial charge in [0, 0.05) is 12.6 Å². The average molecular weight is 234 g/mol. The third-order valence-electron chi connectivity index (χ3n) is 2.78. The number of rotatable bonds is 5. The summed E-state index contributed by atoms with van der Waals surface area (Å²) in [6, 6.07) is 0.0573. The van der Waals surface area contributed by atoms with Crippen molar-refractivity contribution in [2.24, 2.45) is 0 Å². The van der Waals surface area contributed by atoms with Crippen LogP contribution in [0.3, 0.4) is 0 Å². The number of hydrogen-bond acceptors (Lipinski definition) is 3. The average Bonchev–Trinajstić information content (AvgIpc) is 2.18. The molecule has 0 saturated carbocycles. The maximum atomic E-state index is 11.9. The van der Waals surface area contributed by atoms with Crippen LogP contribution < -0.4 is 10.0 Å². The molecule has 0 aromatic heterocycles. The van der Waals surface area contributed by atoms with Crippen LogP contribution in [0.15, 0.2) is 0 Å². The van der Waals surface area contributed by atoms with Gasteiger partial charge in [-0.15, -0.1) is 0 Å². The molecule has 0 amide bonds. The Kier molecular flexibility index (Phi) is 5.02. The maximum Gasteiger partial charge on any atom is 0.215 e. The first-order valence-electron chi connectivity index (χ1n) is 5.78. The topological polar surface area (TPSA) is 58.2 Å². The summed E-state index contributed by atoms with van der Waals surface area (Å²) in [5, 5.41) is 2.88. The first kappa shape index (κ1) is 12.9. The van der Waals surface area contributed by atoms with Crippen molar-refractivity contribution in [3.05, 3.63) is 0 Å². The first-order valence-corrected chi connectivity index (χ1v) is 7.32. The molecule has 2 unspecified atom stereocenters. The van der Waals surface area contributed by atoms with Crippen LogP contribution in [0, 0.1) is 0 Å². The standard InChI is InChI=1S/C10H22N2O2S/c1-3-5-9(2)12-15(13,14)10-6-4-7-11-8-10/h9-12H,3-8H2,1-2H3. The second-order valence-corrected chi connectivity index (χ2v) is 6.31. The fourth-order valence-electron chi connectivity index (χ4n) is 1.95. The van der Waals surface area contributed by atoms with E-state index in [0.29, 0.717) is 6.54 Å². The van der Waals surface area contributed by atoms with Crippen LogP contribution >= 0.6 is 0 Å². The Balaban J connectivity index is 2.49. The van der Waals surface area contributed by atoms with Crippen molar-refractivity contribution in [1.29, 1.82) is 0 Å². The summed E-state index contributed by atoms with van der Waals surface area (Å²) in [6.07, 6.45) is 3.64. The smallest absolute Gasteiger partial charge is 0.215 e. The first-order chi connectivity index (χ1) is 7.06. The maximum absolute atomic E-state index is 11.9. The molecule has 15 heavy (non-hydrogen) atoms. The predicted molar refractivity (Wildman–Crippen MR) is 62.3 cm³/mol. The Morgan fingerprint density at radius 1 is 1.53 bits per heavy atom. The van der Waals surface area contributed by atoms with Gasteiger partial charge in [-0.05, 0) is 32.7 Å².